The SMILES string of the molecule is COc1c(NC(=O)c2ccc(Cl)c(Oc3ccnc(Cl)n3)c2)cc(C(C)(C)C)cc1NS(C)(=O)=O. The van der Waals surface area contributed by atoms with Crippen LogP contribution in [0.3, 0.4) is 0 Å². The quantitative estimate of drug-likeness (QED) is 0.380. The third-order valence-corrected chi connectivity index (χ3v) is 5.80. The average molecular weight is 539 g/mol. The number of nitrogens with zero attached hydrogens (tertiary/aromatic N) is 2. The van der Waals surface area contributed by atoms with Crippen molar-refractivity contribution in [2.75, 3.05) is 23.4 Å². The lowest BCUT2D eigenvalue weighted by atomic mass is 9.86. The van der Waals surface area contributed by atoms with Crippen LogP contribution in [0.25, 0.3) is 0 Å². The molecule has 0 atom stereocenters. The lowest BCUT2D eigenvalue weighted by Crippen LogP contribution is -2.18. The van der Waals surface area contributed by atoms with Crippen LogP contribution in [0.2, 0.25) is 10.3 Å². The number of hydrogen-bond acceptors (Lipinski definition) is 7. The van der Waals surface area contributed by atoms with Crippen molar-refractivity contribution >= 4 is 50.5 Å². The molecular formula is C23H24Cl2N4O5S. The molecule has 0 aliphatic rings. The van der Waals surface area contributed by atoms with Crippen molar-refractivity contribution in [3.8, 4) is 17.4 Å². The summed E-state index contributed by atoms with van der Waals surface area (Å²) in [5.41, 5.74) is 1.15. The van der Waals surface area contributed by atoms with Crippen molar-refractivity contribution < 1.29 is 22.7 Å². The minimum absolute atomic E-state index is 0.00291. The first kappa shape index (κ1) is 26.5. The van der Waals surface area contributed by atoms with Gasteiger partial charge in [0, 0.05) is 17.8 Å². The van der Waals surface area contributed by atoms with Gasteiger partial charge in [-0.05, 0) is 52.9 Å². The summed E-state index contributed by atoms with van der Waals surface area (Å²) in [5.74, 6) is 0.00385. The van der Waals surface area contributed by atoms with Crippen LogP contribution in [0, 0.1) is 0 Å². The monoisotopic (exact) mass is 538 g/mol. The van der Waals surface area contributed by atoms with Gasteiger partial charge >= 0.3 is 0 Å². The highest BCUT2D eigenvalue weighted by molar-refractivity contribution is 7.92. The van der Waals surface area contributed by atoms with E-state index in [9.17, 15) is 13.2 Å². The number of carbonyl (C=O) groups is 1. The van der Waals surface area contributed by atoms with Crippen LogP contribution in [-0.4, -0.2) is 37.7 Å². The van der Waals surface area contributed by atoms with E-state index in [2.05, 4.69) is 20.0 Å². The van der Waals surface area contributed by atoms with Crippen molar-refractivity contribution in [2.24, 2.45) is 0 Å². The molecule has 1 aromatic heterocycles. The van der Waals surface area contributed by atoms with Gasteiger partial charge in [0.15, 0.2) is 5.75 Å². The average Bonchev–Trinajstić information content (AvgIpc) is 2.73. The Bertz CT molecular complexity index is 1370. The molecule has 35 heavy (non-hydrogen) atoms. The molecule has 2 N–H and O–H groups in total. The number of halogens is 2. The Morgan fingerprint density at radius 1 is 1.06 bits per heavy atom. The molecular weight excluding hydrogens is 515 g/mol. The highest BCUT2D eigenvalue weighted by Crippen LogP contribution is 2.39. The van der Waals surface area contributed by atoms with Crippen molar-refractivity contribution in [3.05, 3.63) is 64.0 Å². The predicted octanol–water partition coefficient (Wildman–Crippen LogP) is 5.51. The van der Waals surface area contributed by atoms with Crippen LogP contribution in [0.1, 0.15) is 36.7 Å². The molecule has 12 heteroatoms. The van der Waals surface area contributed by atoms with Gasteiger partial charge < -0.3 is 14.8 Å². The summed E-state index contributed by atoms with van der Waals surface area (Å²) < 4.78 is 37.4. The highest BCUT2D eigenvalue weighted by atomic mass is 35.5. The molecule has 0 aliphatic carbocycles. The fourth-order valence-corrected chi connectivity index (χ4v) is 3.90. The number of nitrogens with one attached hydrogen (secondary N) is 2. The first-order chi connectivity index (χ1) is 16.3. The van der Waals surface area contributed by atoms with Gasteiger partial charge in [-0.1, -0.05) is 32.4 Å². The van der Waals surface area contributed by atoms with Crippen molar-refractivity contribution in [2.45, 2.75) is 26.2 Å². The van der Waals surface area contributed by atoms with E-state index in [0.717, 1.165) is 11.8 Å². The maximum Gasteiger partial charge on any atom is 0.255 e. The van der Waals surface area contributed by atoms with Crippen molar-refractivity contribution in [1.82, 2.24) is 9.97 Å². The second-order valence-electron chi connectivity index (χ2n) is 8.59. The van der Waals surface area contributed by atoms with Crippen LogP contribution >= 0.6 is 23.2 Å². The Hall–Kier alpha value is -3.08. The van der Waals surface area contributed by atoms with E-state index in [-0.39, 0.29) is 50.0 Å². The number of amides is 1. The molecule has 0 aliphatic heterocycles. The summed E-state index contributed by atoms with van der Waals surface area (Å²) in [5, 5.41) is 3.04. The molecule has 0 saturated carbocycles. The van der Waals surface area contributed by atoms with Crippen LogP contribution in [-0.2, 0) is 15.4 Å². The van der Waals surface area contributed by atoms with Gasteiger partial charge in [-0.15, -0.1) is 0 Å². The maximum absolute atomic E-state index is 13.2. The van der Waals surface area contributed by atoms with E-state index in [1.807, 2.05) is 20.8 Å². The molecule has 0 radical (unpaired) electrons. The Balaban J connectivity index is 1.99. The van der Waals surface area contributed by atoms with E-state index in [1.54, 1.807) is 12.1 Å². The first-order valence-electron chi connectivity index (χ1n) is 10.2. The molecule has 0 unspecified atom stereocenters. The number of carbonyl (C=O) groups excluding carboxylic acids is 1. The van der Waals surface area contributed by atoms with Gasteiger partial charge in [0.25, 0.3) is 5.91 Å². The smallest absolute Gasteiger partial charge is 0.255 e. The molecule has 1 amide bonds. The van der Waals surface area contributed by atoms with Crippen LogP contribution in [0.15, 0.2) is 42.6 Å². The second kappa shape index (κ2) is 10.3. The number of aromatic nitrogens is 2. The van der Waals surface area contributed by atoms with Gasteiger partial charge in [-0.25, -0.2) is 13.4 Å². The summed E-state index contributed by atoms with van der Waals surface area (Å²) in [6.45, 7) is 5.90. The van der Waals surface area contributed by atoms with Crippen molar-refractivity contribution in [3.63, 3.8) is 0 Å². The molecule has 186 valence electrons. The fourth-order valence-electron chi connectivity index (χ4n) is 3.06. The standard InChI is InChI=1S/C23H24Cl2N4O5S/c1-23(2,3)14-11-16(20(33-4)17(12-14)29-35(5,31)32)27-21(30)13-6-7-15(24)18(10-13)34-19-8-9-26-22(25)28-19/h6-12,29H,1-5H3,(H,27,30). The zero-order valence-electron chi connectivity index (χ0n) is 19.6. The normalized spacial score (nSPS) is 11.6. The Morgan fingerprint density at radius 2 is 1.74 bits per heavy atom. The summed E-state index contributed by atoms with van der Waals surface area (Å²) in [6, 6.07) is 9.38. The lowest BCUT2D eigenvalue weighted by molar-refractivity contribution is 0.102. The van der Waals surface area contributed by atoms with Gasteiger partial charge in [-0.3, -0.25) is 9.52 Å². The van der Waals surface area contributed by atoms with Gasteiger partial charge in [0.2, 0.25) is 21.2 Å². The molecule has 2 aromatic carbocycles. The number of sulfonamides is 1. The van der Waals surface area contributed by atoms with E-state index in [4.69, 9.17) is 32.7 Å². The largest absolute Gasteiger partial charge is 0.492 e. The number of anilines is 2. The number of ether oxygens (including phenoxy) is 2. The zero-order chi connectivity index (χ0) is 26.0. The van der Waals surface area contributed by atoms with Crippen LogP contribution in [0.5, 0.6) is 17.4 Å². The Labute approximate surface area is 213 Å². The number of benzene rings is 2. The highest BCUT2D eigenvalue weighted by Gasteiger charge is 2.23. The molecule has 0 saturated heterocycles. The fraction of sp³-hybridized carbons (Fsp3) is 0.261. The van der Waals surface area contributed by atoms with E-state index in [1.165, 1.54) is 37.6 Å². The van der Waals surface area contributed by atoms with Crippen LogP contribution < -0.4 is 19.5 Å². The third kappa shape index (κ3) is 6.97. The van der Waals surface area contributed by atoms with Gasteiger partial charge in [-0.2, -0.15) is 4.98 Å². The summed E-state index contributed by atoms with van der Waals surface area (Å²) >= 11 is 12.0. The summed E-state index contributed by atoms with van der Waals surface area (Å²) in [4.78, 5) is 20.9. The molecule has 9 nitrogen and oxygen atoms in total. The molecule has 0 bridgehead atoms. The van der Waals surface area contributed by atoms with E-state index in [0.29, 0.717) is 0 Å². The minimum Gasteiger partial charge on any atom is -0.492 e. The van der Waals surface area contributed by atoms with Gasteiger partial charge in [0.05, 0.1) is 29.8 Å². The zero-order valence-corrected chi connectivity index (χ0v) is 22.0. The summed E-state index contributed by atoms with van der Waals surface area (Å²) in [7, 11) is -2.22. The molecule has 3 rings (SSSR count). The minimum atomic E-state index is -3.61. The molecule has 1 heterocycles. The predicted molar refractivity (Wildman–Crippen MR) is 137 cm³/mol. The number of rotatable bonds is 7. The number of hydrogen-bond donors (Lipinski definition) is 2. The Morgan fingerprint density at radius 3 is 2.34 bits per heavy atom. The topological polar surface area (TPSA) is 120 Å². The Kier molecular flexibility index (Phi) is 7.78. The third-order valence-electron chi connectivity index (χ3n) is 4.71. The number of methoxy groups -OCH3 is 1. The second-order valence-corrected chi connectivity index (χ2v) is 11.1. The molecule has 0 spiro atoms. The molecule has 3 aromatic rings. The summed E-state index contributed by atoms with van der Waals surface area (Å²) in [6.07, 6.45) is 2.46. The van der Waals surface area contributed by atoms with E-state index < -0.39 is 15.9 Å². The molecule has 0 fully saturated rings. The first-order valence-corrected chi connectivity index (χ1v) is 12.9. The van der Waals surface area contributed by atoms with Crippen molar-refractivity contribution in [1.29, 1.82) is 0 Å². The maximum atomic E-state index is 13.2. The van der Waals surface area contributed by atoms with Crippen LogP contribution in [0.4, 0.5) is 11.4 Å². The van der Waals surface area contributed by atoms with Gasteiger partial charge in [0.1, 0.15) is 5.75 Å². The lowest BCUT2D eigenvalue weighted by Gasteiger charge is -2.24. The van der Waals surface area contributed by atoms with E-state index >= 15 is 0 Å².